The summed E-state index contributed by atoms with van der Waals surface area (Å²) in [5.41, 5.74) is 0.455. The molecule has 111 valence electrons. The molecule has 0 aliphatic carbocycles. The Morgan fingerprint density at radius 3 is 2.29 bits per heavy atom. The van der Waals surface area contributed by atoms with Gasteiger partial charge in [0.25, 0.3) is 0 Å². The molecule has 0 amide bonds. The maximum Gasteiger partial charge on any atom is 0.416 e. The number of rotatable bonds is 4. The van der Waals surface area contributed by atoms with E-state index in [0.29, 0.717) is 10.8 Å². The molecule has 1 atom stereocenters. The fourth-order valence-electron chi connectivity index (χ4n) is 1.80. The second-order valence-corrected chi connectivity index (χ2v) is 6.65. The summed E-state index contributed by atoms with van der Waals surface area (Å²) in [5.74, 6) is 0.539. The molecule has 6 heteroatoms. The first-order valence-electron chi connectivity index (χ1n) is 6.06. The van der Waals surface area contributed by atoms with E-state index in [1.165, 1.54) is 23.9 Å². The Kier molecular flexibility index (Phi) is 5.52. The maximum atomic E-state index is 12.9. The predicted octanol–water partition coefficient (Wildman–Crippen LogP) is 6.49. The third-order valence-electron chi connectivity index (χ3n) is 2.83. The number of hydrogen-bond acceptors (Lipinski definition) is 1. The molecular weight excluding hydrogens is 337 g/mol. The van der Waals surface area contributed by atoms with Gasteiger partial charge in [0.05, 0.1) is 10.1 Å². The van der Waals surface area contributed by atoms with E-state index >= 15 is 0 Å². The van der Waals surface area contributed by atoms with Crippen LogP contribution in [0.4, 0.5) is 13.2 Å². The van der Waals surface area contributed by atoms with Crippen molar-refractivity contribution in [2.75, 3.05) is 0 Å². The molecule has 0 saturated carbocycles. The average molecular weight is 348 g/mol. The Morgan fingerprint density at radius 2 is 1.67 bits per heavy atom. The van der Waals surface area contributed by atoms with Crippen LogP contribution in [0, 0.1) is 0 Å². The van der Waals surface area contributed by atoms with Crippen molar-refractivity contribution in [1.29, 1.82) is 0 Å². The standard InChI is InChI=1S/C15H11ClF3S2/c16-11-7-5-10(6-8-11)9-21-14(20)12-3-1-2-4-13(12)15(17,18)19/h1-8,14H,9H2. The first-order valence-corrected chi connectivity index (χ1v) is 7.96. The Balaban J connectivity index is 2.10. The van der Waals surface area contributed by atoms with Crippen molar-refractivity contribution in [3.63, 3.8) is 0 Å². The Labute approximate surface area is 136 Å². The molecule has 2 rings (SSSR count). The van der Waals surface area contributed by atoms with Crippen molar-refractivity contribution in [1.82, 2.24) is 0 Å². The van der Waals surface area contributed by atoms with Gasteiger partial charge in [0, 0.05) is 10.8 Å². The smallest absolute Gasteiger partial charge is 0.166 e. The fraction of sp³-hybridized carbons (Fsp3) is 0.200. The summed E-state index contributed by atoms with van der Waals surface area (Å²) in [6.45, 7) is 0. The van der Waals surface area contributed by atoms with Crippen LogP contribution < -0.4 is 0 Å². The van der Waals surface area contributed by atoms with Crippen LogP contribution in [0.25, 0.3) is 0 Å². The van der Waals surface area contributed by atoms with Gasteiger partial charge >= 0.3 is 6.18 Å². The third-order valence-corrected chi connectivity index (χ3v) is 4.81. The van der Waals surface area contributed by atoms with Gasteiger partial charge in [-0.15, -0.1) is 11.8 Å². The Bertz CT molecular complexity index is 597. The highest BCUT2D eigenvalue weighted by Gasteiger charge is 2.34. The van der Waals surface area contributed by atoms with Crippen molar-refractivity contribution in [2.24, 2.45) is 0 Å². The van der Waals surface area contributed by atoms with Crippen LogP contribution in [0.1, 0.15) is 21.3 Å². The first-order chi connectivity index (χ1) is 9.88. The van der Waals surface area contributed by atoms with Gasteiger partial charge in [-0.1, -0.05) is 54.6 Å². The van der Waals surface area contributed by atoms with Crippen LogP contribution in [-0.2, 0) is 11.9 Å². The van der Waals surface area contributed by atoms with Crippen molar-refractivity contribution in [3.05, 3.63) is 70.2 Å². The monoisotopic (exact) mass is 347 g/mol. The van der Waals surface area contributed by atoms with Crippen molar-refractivity contribution in [3.8, 4) is 0 Å². The van der Waals surface area contributed by atoms with E-state index in [2.05, 4.69) is 0 Å². The molecule has 0 aromatic heterocycles. The molecule has 0 fully saturated rings. The second-order valence-electron chi connectivity index (χ2n) is 4.35. The molecule has 0 bridgehead atoms. The molecule has 21 heavy (non-hydrogen) atoms. The van der Waals surface area contributed by atoms with E-state index in [1.54, 1.807) is 18.2 Å². The van der Waals surface area contributed by atoms with Gasteiger partial charge in [-0.2, -0.15) is 13.2 Å². The van der Waals surface area contributed by atoms with E-state index in [1.807, 2.05) is 12.1 Å². The normalized spacial score (nSPS) is 13.2. The van der Waals surface area contributed by atoms with E-state index < -0.39 is 16.3 Å². The summed E-state index contributed by atoms with van der Waals surface area (Å²) >= 11 is 12.3. The van der Waals surface area contributed by atoms with Gasteiger partial charge in [0.2, 0.25) is 0 Å². The zero-order chi connectivity index (χ0) is 15.5. The number of halogens is 4. The van der Waals surface area contributed by atoms with Gasteiger partial charge < -0.3 is 0 Å². The summed E-state index contributed by atoms with van der Waals surface area (Å²) < 4.78 is 38.2. The van der Waals surface area contributed by atoms with Crippen LogP contribution in [0.5, 0.6) is 0 Å². The van der Waals surface area contributed by atoms with Crippen LogP contribution in [0.3, 0.4) is 0 Å². The van der Waals surface area contributed by atoms with Crippen molar-refractivity contribution < 1.29 is 13.2 Å². The Hall–Kier alpha value is -0.780. The molecule has 0 saturated heterocycles. The maximum absolute atomic E-state index is 12.9. The van der Waals surface area contributed by atoms with Crippen molar-refractivity contribution >= 4 is 36.0 Å². The lowest BCUT2D eigenvalue weighted by Crippen LogP contribution is -2.09. The van der Waals surface area contributed by atoms with Gasteiger partial charge in [-0.25, -0.2) is 0 Å². The summed E-state index contributed by atoms with van der Waals surface area (Å²) in [6, 6.07) is 12.6. The highest BCUT2D eigenvalue weighted by Crippen LogP contribution is 2.41. The van der Waals surface area contributed by atoms with Gasteiger partial charge in [-0.3, -0.25) is 0 Å². The van der Waals surface area contributed by atoms with Crippen LogP contribution in [0.2, 0.25) is 5.02 Å². The predicted molar refractivity (Wildman–Crippen MR) is 84.5 cm³/mol. The molecule has 0 aliphatic heterocycles. The first kappa shape index (κ1) is 16.6. The lowest BCUT2D eigenvalue weighted by molar-refractivity contribution is -0.138. The largest absolute Gasteiger partial charge is 0.416 e. The summed E-state index contributed by atoms with van der Waals surface area (Å²) in [6.07, 6.45) is -4.38. The topological polar surface area (TPSA) is 0 Å². The zero-order valence-electron chi connectivity index (χ0n) is 10.7. The summed E-state index contributed by atoms with van der Waals surface area (Å²) in [4.78, 5) is 0. The van der Waals surface area contributed by atoms with E-state index in [9.17, 15) is 13.2 Å². The minimum absolute atomic E-state index is 0.138. The summed E-state index contributed by atoms with van der Waals surface area (Å²) in [7, 11) is 0. The molecular formula is C15H11ClF3S2. The van der Waals surface area contributed by atoms with E-state index in [0.717, 1.165) is 11.6 Å². The van der Waals surface area contributed by atoms with Crippen molar-refractivity contribution in [2.45, 2.75) is 16.5 Å². The molecule has 0 heterocycles. The molecule has 0 spiro atoms. The van der Waals surface area contributed by atoms with E-state index in [4.69, 9.17) is 24.2 Å². The number of benzene rings is 2. The molecule has 1 unspecified atom stereocenters. The fourth-order valence-corrected chi connectivity index (χ4v) is 3.26. The number of alkyl halides is 3. The minimum atomic E-state index is -4.38. The molecule has 1 radical (unpaired) electrons. The molecule has 0 nitrogen and oxygen atoms in total. The second kappa shape index (κ2) is 6.99. The lowest BCUT2D eigenvalue weighted by atomic mass is 10.1. The van der Waals surface area contributed by atoms with E-state index in [-0.39, 0.29) is 5.56 Å². The molecule has 0 N–H and O–H groups in total. The molecule has 2 aromatic carbocycles. The highest BCUT2D eigenvalue weighted by molar-refractivity contribution is 8.09. The zero-order valence-corrected chi connectivity index (χ0v) is 13.1. The minimum Gasteiger partial charge on any atom is -0.166 e. The van der Waals surface area contributed by atoms with Gasteiger partial charge in [0.15, 0.2) is 0 Å². The lowest BCUT2D eigenvalue weighted by Gasteiger charge is -2.16. The third kappa shape index (κ3) is 4.59. The SMILES string of the molecule is FC(F)(F)c1ccccc1C([S])SCc1ccc(Cl)cc1. The highest BCUT2D eigenvalue weighted by atomic mass is 35.5. The van der Waals surface area contributed by atoms with Crippen LogP contribution in [-0.4, -0.2) is 0 Å². The summed E-state index contributed by atoms with van der Waals surface area (Å²) in [5, 5.41) is 0.626. The van der Waals surface area contributed by atoms with Crippen LogP contribution in [0.15, 0.2) is 48.5 Å². The number of thioether (sulfide) groups is 1. The molecule has 2 aromatic rings. The quantitative estimate of drug-likeness (QED) is 0.609. The Morgan fingerprint density at radius 1 is 1.05 bits per heavy atom. The van der Waals surface area contributed by atoms with Crippen LogP contribution >= 0.6 is 36.0 Å². The number of hydrogen-bond donors (Lipinski definition) is 0. The van der Waals surface area contributed by atoms with Gasteiger partial charge in [-0.05, 0) is 29.3 Å². The molecule has 0 aliphatic rings. The van der Waals surface area contributed by atoms with Gasteiger partial charge in [0.1, 0.15) is 0 Å². The average Bonchev–Trinajstić information content (AvgIpc) is 2.45.